The second kappa shape index (κ2) is 9.99. The zero-order valence-corrected chi connectivity index (χ0v) is 23.3. The molecule has 210 valence electrons. The highest BCUT2D eigenvalue weighted by atomic mass is 32.2. The maximum Gasteiger partial charge on any atom is 0.258 e. The molecule has 6 rings (SSSR count). The summed E-state index contributed by atoms with van der Waals surface area (Å²) < 4.78 is 40.1. The van der Waals surface area contributed by atoms with E-state index >= 15 is 0 Å². The topological polar surface area (TPSA) is 126 Å². The molecule has 4 heterocycles. The maximum atomic E-state index is 13.6. The van der Waals surface area contributed by atoms with Gasteiger partial charge in [-0.05, 0) is 69.2 Å². The molecule has 2 aromatic rings. The number of hydrogen-bond donors (Lipinski definition) is 2. The second-order valence-electron chi connectivity index (χ2n) is 11.6. The molecule has 1 atom stereocenters. The number of ether oxygens (including phenoxy) is 2. The van der Waals surface area contributed by atoms with E-state index in [9.17, 15) is 13.2 Å². The first-order valence-corrected chi connectivity index (χ1v) is 15.1. The number of hydrogen-bond acceptors (Lipinski definition) is 9. The fourth-order valence-corrected chi connectivity index (χ4v) is 7.03. The quantitative estimate of drug-likeness (QED) is 0.529. The van der Waals surface area contributed by atoms with Crippen LogP contribution in [0.4, 0.5) is 17.5 Å². The number of piperidine rings is 1. The molecular weight excluding hydrogens is 520 g/mol. The van der Waals surface area contributed by atoms with E-state index < -0.39 is 15.6 Å². The van der Waals surface area contributed by atoms with Crippen molar-refractivity contribution in [2.45, 2.75) is 56.1 Å². The van der Waals surface area contributed by atoms with Crippen LogP contribution in [0.25, 0.3) is 0 Å². The minimum absolute atomic E-state index is 0.0752. The van der Waals surface area contributed by atoms with Crippen LogP contribution >= 0.6 is 0 Å². The van der Waals surface area contributed by atoms with Gasteiger partial charge in [0.1, 0.15) is 5.82 Å². The highest BCUT2D eigenvalue weighted by Crippen LogP contribution is 2.54. The molecule has 0 unspecified atom stereocenters. The number of nitrogens with one attached hydrogen (secondary N) is 2. The molecule has 1 aliphatic carbocycles. The number of amides is 1. The molecule has 3 aliphatic heterocycles. The Balaban J connectivity index is 1.26. The maximum absolute atomic E-state index is 13.6. The van der Waals surface area contributed by atoms with Crippen LogP contribution in [0.15, 0.2) is 35.4 Å². The third-order valence-electron chi connectivity index (χ3n) is 8.28. The molecule has 39 heavy (non-hydrogen) atoms. The van der Waals surface area contributed by atoms with E-state index in [0.29, 0.717) is 61.3 Å². The Labute approximate surface area is 229 Å². The summed E-state index contributed by atoms with van der Waals surface area (Å²) in [6.07, 6.45) is 6.31. The highest BCUT2D eigenvalue weighted by Gasteiger charge is 2.45. The Morgan fingerprint density at radius 2 is 1.85 bits per heavy atom. The average molecular weight is 557 g/mol. The molecule has 4 aliphatic rings. The van der Waals surface area contributed by atoms with Crippen LogP contribution in [0.5, 0.6) is 0 Å². The van der Waals surface area contributed by atoms with E-state index in [0.717, 1.165) is 25.9 Å². The van der Waals surface area contributed by atoms with E-state index in [1.165, 1.54) is 18.9 Å². The van der Waals surface area contributed by atoms with Crippen LogP contribution in [0, 0.1) is 5.41 Å². The summed E-state index contributed by atoms with van der Waals surface area (Å²) in [5.41, 5.74) is 0.856. The van der Waals surface area contributed by atoms with Crippen molar-refractivity contribution in [1.82, 2.24) is 14.7 Å². The van der Waals surface area contributed by atoms with Crippen molar-refractivity contribution in [3.63, 3.8) is 0 Å². The van der Waals surface area contributed by atoms with Crippen molar-refractivity contribution in [1.29, 1.82) is 0 Å². The third kappa shape index (κ3) is 5.60. The number of anilines is 3. The standard InChI is InChI=1S/C27H36N6O5S/c1-19-16-33(13-14-38-19)25-28-10-5-23(30-25)29-24(34)21-4-3-20(39(35,36)31-26(2)17-37-18-26)15-22(21)32-11-8-27(6-7-27)9-12-32/h3-5,10,15,19,31H,6-9,11-14,16-18H2,1-2H3,(H,28,29,30,34)/t19-/m1/s1. The number of benzene rings is 1. The molecule has 1 aromatic carbocycles. The van der Waals surface area contributed by atoms with Crippen molar-refractivity contribution in [3.8, 4) is 0 Å². The van der Waals surface area contributed by atoms with Gasteiger partial charge in [0.15, 0.2) is 0 Å². The van der Waals surface area contributed by atoms with Crippen LogP contribution in [-0.4, -0.2) is 81.9 Å². The minimum Gasteiger partial charge on any atom is -0.377 e. The number of morpholine rings is 1. The first-order valence-electron chi connectivity index (χ1n) is 13.7. The number of sulfonamides is 1. The van der Waals surface area contributed by atoms with Gasteiger partial charge in [0.2, 0.25) is 16.0 Å². The lowest BCUT2D eigenvalue weighted by atomic mass is 9.93. The van der Waals surface area contributed by atoms with Gasteiger partial charge < -0.3 is 24.6 Å². The fraction of sp³-hybridized carbons (Fsp3) is 0.593. The van der Waals surface area contributed by atoms with Crippen LogP contribution in [-0.2, 0) is 19.5 Å². The normalized spacial score (nSPS) is 23.8. The summed E-state index contributed by atoms with van der Waals surface area (Å²) in [7, 11) is -3.80. The first kappa shape index (κ1) is 26.4. The van der Waals surface area contributed by atoms with Crippen LogP contribution in [0.2, 0.25) is 0 Å². The predicted molar refractivity (Wildman–Crippen MR) is 147 cm³/mol. The zero-order chi connectivity index (χ0) is 27.3. The van der Waals surface area contributed by atoms with Crippen LogP contribution in [0.3, 0.4) is 0 Å². The molecule has 1 aromatic heterocycles. The average Bonchev–Trinajstić information content (AvgIpc) is 3.66. The summed E-state index contributed by atoms with van der Waals surface area (Å²) >= 11 is 0. The predicted octanol–water partition coefficient (Wildman–Crippen LogP) is 2.40. The van der Waals surface area contributed by atoms with E-state index in [4.69, 9.17) is 9.47 Å². The lowest BCUT2D eigenvalue weighted by molar-refractivity contribution is -0.0523. The van der Waals surface area contributed by atoms with E-state index in [2.05, 4.69) is 24.9 Å². The monoisotopic (exact) mass is 556 g/mol. The van der Waals surface area contributed by atoms with Gasteiger partial charge in [0.25, 0.3) is 5.91 Å². The SMILES string of the molecule is C[C@@H]1CN(c2nccc(NC(=O)c3ccc(S(=O)(=O)NC4(C)COC4)cc3N3CCC4(CC3)CC4)n2)CCO1. The summed E-state index contributed by atoms with van der Waals surface area (Å²) in [4.78, 5) is 26.9. The molecular formula is C27H36N6O5S. The number of carbonyl (C=O) groups excluding carboxylic acids is 1. The summed E-state index contributed by atoms with van der Waals surface area (Å²) in [6, 6.07) is 6.39. The molecule has 3 saturated heterocycles. The van der Waals surface area contributed by atoms with Gasteiger partial charge in [0.05, 0.1) is 47.6 Å². The van der Waals surface area contributed by atoms with Crippen molar-refractivity contribution < 1.29 is 22.7 Å². The first-order chi connectivity index (χ1) is 18.6. The Bertz CT molecular complexity index is 1350. The molecule has 1 amide bonds. The van der Waals surface area contributed by atoms with Gasteiger partial charge in [-0.15, -0.1) is 0 Å². The Kier molecular flexibility index (Phi) is 6.77. The molecule has 0 radical (unpaired) electrons. The van der Waals surface area contributed by atoms with E-state index in [1.54, 1.807) is 24.4 Å². The van der Waals surface area contributed by atoms with E-state index in [1.807, 2.05) is 18.7 Å². The summed E-state index contributed by atoms with van der Waals surface area (Å²) in [5.74, 6) is 0.588. The Morgan fingerprint density at radius 1 is 1.08 bits per heavy atom. The summed E-state index contributed by atoms with van der Waals surface area (Å²) in [5, 5.41) is 2.92. The molecule has 1 saturated carbocycles. The molecule has 1 spiro atoms. The van der Waals surface area contributed by atoms with Gasteiger partial charge in [-0.25, -0.2) is 18.1 Å². The molecule has 2 N–H and O–H groups in total. The van der Waals surface area contributed by atoms with Gasteiger partial charge in [0, 0.05) is 32.4 Å². The Morgan fingerprint density at radius 3 is 2.51 bits per heavy atom. The lowest BCUT2D eigenvalue weighted by Gasteiger charge is -2.38. The molecule has 0 bridgehead atoms. The third-order valence-corrected chi connectivity index (χ3v) is 9.91. The van der Waals surface area contributed by atoms with Crippen molar-refractivity contribution in [3.05, 3.63) is 36.0 Å². The minimum atomic E-state index is -3.80. The Hall–Kier alpha value is -2.80. The van der Waals surface area contributed by atoms with Crippen molar-refractivity contribution >= 4 is 33.4 Å². The van der Waals surface area contributed by atoms with Crippen molar-refractivity contribution in [2.75, 3.05) is 61.1 Å². The fourth-order valence-electron chi connectivity index (χ4n) is 5.64. The number of nitrogens with zero attached hydrogens (tertiary/aromatic N) is 4. The van der Waals surface area contributed by atoms with Gasteiger partial charge >= 0.3 is 0 Å². The lowest BCUT2D eigenvalue weighted by Crippen LogP contribution is -2.59. The highest BCUT2D eigenvalue weighted by molar-refractivity contribution is 7.89. The van der Waals surface area contributed by atoms with Gasteiger partial charge in [-0.2, -0.15) is 4.98 Å². The largest absolute Gasteiger partial charge is 0.377 e. The number of aromatic nitrogens is 2. The van der Waals surface area contributed by atoms with Gasteiger partial charge in [-0.3, -0.25) is 4.79 Å². The molecule has 11 nitrogen and oxygen atoms in total. The zero-order valence-electron chi connectivity index (χ0n) is 22.5. The molecule has 12 heteroatoms. The van der Waals surface area contributed by atoms with Crippen LogP contribution < -0.4 is 19.8 Å². The van der Waals surface area contributed by atoms with Crippen LogP contribution in [0.1, 0.15) is 49.9 Å². The van der Waals surface area contributed by atoms with Crippen molar-refractivity contribution in [2.24, 2.45) is 5.41 Å². The molecule has 4 fully saturated rings. The number of rotatable bonds is 7. The second-order valence-corrected chi connectivity index (χ2v) is 13.3. The number of carbonyl (C=O) groups is 1. The van der Waals surface area contributed by atoms with Gasteiger partial charge in [-0.1, -0.05) is 0 Å². The van der Waals surface area contributed by atoms with E-state index in [-0.39, 0.29) is 16.9 Å². The summed E-state index contributed by atoms with van der Waals surface area (Å²) in [6.45, 7) is 8.01. The smallest absolute Gasteiger partial charge is 0.258 e.